The molecule has 2 aromatic rings. The molecule has 3 N–H and O–H groups in total. The smallest absolute Gasteiger partial charge is 0.251 e. The molecule has 0 bridgehead atoms. The number of amides is 2. The van der Waals surface area contributed by atoms with E-state index in [-0.39, 0.29) is 5.91 Å². The summed E-state index contributed by atoms with van der Waals surface area (Å²) < 4.78 is 0.918. The van der Waals surface area contributed by atoms with Crippen LogP contribution in [0.4, 0.5) is 5.00 Å². The van der Waals surface area contributed by atoms with Crippen LogP contribution in [0.3, 0.4) is 0 Å². The number of nitrogens with one attached hydrogen (secondary N) is 1. The Kier molecular flexibility index (Phi) is 4.01. The van der Waals surface area contributed by atoms with Gasteiger partial charge in [-0.05, 0) is 12.1 Å². The number of primary amides is 1. The maximum Gasteiger partial charge on any atom is 0.251 e. The summed E-state index contributed by atoms with van der Waals surface area (Å²) in [6, 6.07) is 9.35. The van der Waals surface area contributed by atoms with E-state index >= 15 is 0 Å². The van der Waals surface area contributed by atoms with Crippen LogP contribution in [-0.2, 0) is 4.79 Å². The van der Waals surface area contributed by atoms with Crippen molar-refractivity contribution in [1.82, 2.24) is 0 Å². The van der Waals surface area contributed by atoms with Gasteiger partial charge in [-0.1, -0.05) is 34.1 Å². The third-order valence-corrected chi connectivity index (χ3v) is 4.20. The van der Waals surface area contributed by atoms with Crippen molar-refractivity contribution in [2.75, 3.05) is 5.32 Å². The largest absolute Gasteiger partial charge is 0.366 e. The number of rotatable bonds is 3. The molecule has 1 aromatic carbocycles. The van der Waals surface area contributed by atoms with Crippen LogP contribution in [0.5, 0.6) is 0 Å². The van der Waals surface area contributed by atoms with Gasteiger partial charge in [0.1, 0.15) is 5.00 Å². The zero-order chi connectivity index (χ0) is 14.0. The Bertz CT molecular complexity index is 652. The second-order valence-corrected chi connectivity index (χ2v) is 5.79. The minimum Gasteiger partial charge on any atom is -0.366 e. The number of hydrogen-bond donors (Lipinski definition) is 2. The molecule has 0 aliphatic heterocycles. The van der Waals surface area contributed by atoms with Crippen molar-refractivity contribution in [3.8, 4) is 10.4 Å². The zero-order valence-corrected chi connectivity index (χ0v) is 12.5. The molecule has 0 aliphatic carbocycles. The first kappa shape index (κ1) is 13.8. The molecule has 98 valence electrons. The summed E-state index contributed by atoms with van der Waals surface area (Å²) in [5.41, 5.74) is 6.60. The molecule has 0 fully saturated rings. The van der Waals surface area contributed by atoms with Crippen LogP contribution in [0, 0.1) is 0 Å². The highest BCUT2D eigenvalue weighted by Gasteiger charge is 2.16. The van der Waals surface area contributed by atoms with Crippen LogP contribution in [0.25, 0.3) is 10.4 Å². The number of thiophene rings is 1. The standard InChI is InChI=1S/C13H11BrN2O2S/c1-7(17)16-13-9(12(15)18)6-11(19-13)8-4-2-3-5-10(8)14/h2-6H,1H3,(H2,15,18)(H,16,17). The lowest BCUT2D eigenvalue weighted by Crippen LogP contribution is -2.14. The molecule has 0 atom stereocenters. The van der Waals surface area contributed by atoms with Crippen LogP contribution >= 0.6 is 27.3 Å². The third-order valence-electron chi connectivity index (χ3n) is 2.43. The van der Waals surface area contributed by atoms with Gasteiger partial charge in [-0.2, -0.15) is 0 Å². The van der Waals surface area contributed by atoms with Gasteiger partial charge in [0.15, 0.2) is 0 Å². The summed E-state index contributed by atoms with van der Waals surface area (Å²) in [5, 5.41) is 3.11. The number of carbonyl (C=O) groups is 2. The average molecular weight is 339 g/mol. The Labute approximate surface area is 122 Å². The van der Waals surface area contributed by atoms with Crippen molar-refractivity contribution in [2.45, 2.75) is 6.92 Å². The summed E-state index contributed by atoms with van der Waals surface area (Å²) in [6.07, 6.45) is 0. The SMILES string of the molecule is CC(=O)Nc1sc(-c2ccccc2Br)cc1C(N)=O. The van der Waals surface area contributed by atoms with Crippen molar-refractivity contribution < 1.29 is 9.59 Å². The van der Waals surface area contributed by atoms with E-state index in [1.54, 1.807) is 6.07 Å². The molecule has 19 heavy (non-hydrogen) atoms. The van der Waals surface area contributed by atoms with E-state index in [1.165, 1.54) is 18.3 Å². The first-order valence-corrected chi connectivity index (χ1v) is 7.06. The Balaban J connectivity index is 2.52. The second kappa shape index (κ2) is 5.54. The highest BCUT2D eigenvalue weighted by Crippen LogP contribution is 2.38. The molecular weight excluding hydrogens is 328 g/mol. The lowest BCUT2D eigenvalue weighted by molar-refractivity contribution is -0.114. The van der Waals surface area contributed by atoms with E-state index in [0.29, 0.717) is 10.6 Å². The summed E-state index contributed by atoms with van der Waals surface area (Å²) in [4.78, 5) is 23.4. The van der Waals surface area contributed by atoms with E-state index in [2.05, 4.69) is 21.2 Å². The van der Waals surface area contributed by atoms with E-state index < -0.39 is 5.91 Å². The molecule has 0 saturated carbocycles. The Morgan fingerprint density at radius 3 is 2.58 bits per heavy atom. The monoisotopic (exact) mass is 338 g/mol. The molecule has 4 nitrogen and oxygen atoms in total. The molecule has 2 amide bonds. The van der Waals surface area contributed by atoms with Gasteiger partial charge < -0.3 is 11.1 Å². The van der Waals surface area contributed by atoms with Gasteiger partial charge >= 0.3 is 0 Å². The molecule has 1 heterocycles. The lowest BCUT2D eigenvalue weighted by Gasteiger charge is -2.00. The maximum absolute atomic E-state index is 11.4. The van der Waals surface area contributed by atoms with Gasteiger partial charge in [0.25, 0.3) is 5.91 Å². The van der Waals surface area contributed by atoms with E-state index in [0.717, 1.165) is 14.9 Å². The zero-order valence-electron chi connectivity index (χ0n) is 10.1. The van der Waals surface area contributed by atoms with Crippen LogP contribution in [0.1, 0.15) is 17.3 Å². The number of halogens is 1. The topological polar surface area (TPSA) is 72.2 Å². The van der Waals surface area contributed by atoms with Gasteiger partial charge in [-0.25, -0.2) is 0 Å². The molecule has 6 heteroatoms. The third kappa shape index (κ3) is 3.02. The van der Waals surface area contributed by atoms with Crippen molar-refractivity contribution in [3.05, 3.63) is 40.4 Å². The summed E-state index contributed by atoms with van der Waals surface area (Å²) in [6.45, 7) is 1.39. The summed E-state index contributed by atoms with van der Waals surface area (Å²) in [5.74, 6) is -0.790. The first-order chi connectivity index (χ1) is 8.99. The van der Waals surface area contributed by atoms with Crippen LogP contribution in [0.15, 0.2) is 34.8 Å². The molecule has 0 saturated heterocycles. The van der Waals surface area contributed by atoms with Crippen molar-refractivity contribution in [1.29, 1.82) is 0 Å². The second-order valence-electron chi connectivity index (χ2n) is 3.88. The van der Waals surface area contributed by atoms with Crippen molar-refractivity contribution >= 4 is 44.1 Å². The Morgan fingerprint density at radius 2 is 2.00 bits per heavy atom. The average Bonchev–Trinajstić information content (AvgIpc) is 2.72. The minimum atomic E-state index is -0.557. The van der Waals surface area contributed by atoms with Gasteiger partial charge in [0.2, 0.25) is 5.91 Å². The van der Waals surface area contributed by atoms with Crippen molar-refractivity contribution in [2.24, 2.45) is 5.73 Å². The highest BCUT2D eigenvalue weighted by molar-refractivity contribution is 9.10. The van der Waals surface area contributed by atoms with Gasteiger partial charge in [-0.3, -0.25) is 9.59 Å². The minimum absolute atomic E-state index is 0.233. The number of nitrogens with two attached hydrogens (primary N) is 1. The van der Waals surface area contributed by atoms with Gasteiger partial charge in [0, 0.05) is 21.8 Å². The summed E-state index contributed by atoms with van der Waals surface area (Å²) in [7, 11) is 0. The van der Waals surface area contributed by atoms with E-state index in [9.17, 15) is 9.59 Å². The van der Waals surface area contributed by atoms with Gasteiger partial charge in [-0.15, -0.1) is 11.3 Å². The van der Waals surface area contributed by atoms with Crippen LogP contribution in [0.2, 0.25) is 0 Å². The predicted octanol–water partition coefficient (Wildman–Crippen LogP) is 3.23. The first-order valence-electron chi connectivity index (χ1n) is 5.45. The lowest BCUT2D eigenvalue weighted by atomic mass is 10.1. The number of anilines is 1. The molecule has 0 spiro atoms. The van der Waals surface area contributed by atoms with Crippen LogP contribution in [-0.4, -0.2) is 11.8 Å². The molecule has 1 aromatic heterocycles. The Morgan fingerprint density at radius 1 is 1.32 bits per heavy atom. The quantitative estimate of drug-likeness (QED) is 0.901. The van der Waals surface area contributed by atoms with Crippen molar-refractivity contribution in [3.63, 3.8) is 0 Å². The maximum atomic E-state index is 11.4. The van der Waals surface area contributed by atoms with E-state index in [1.807, 2.05) is 24.3 Å². The molecule has 0 unspecified atom stereocenters. The number of carbonyl (C=O) groups excluding carboxylic acids is 2. The summed E-state index contributed by atoms with van der Waals surface area (Å²) >= 11 is 4.78. The number of hydrogen-bond acceptors (Lipinski definition) is 3. The fraction of sp³-hybridized carbons (Fsp3) is 0.0769. The molecule has 0 aliphatic rings. The fourth-order valence-corrected chi connectivity index (χ4v) is 3.40. The normalized spacial score (nSPS) is 10.2. The van der Waals surface area contributed by atoms with Crippen LogP contribution < -0.4 is 11.1 Å². The van der Waals surface area contributed by atoms with E-state index in [4.69, 9.17) is 5.73 Å². The molecule has 0 radical (unpaired) electrons. The molecular formula is C13H11BrN2O2S. The molecule has 2 rings (SSSR count). The number of benzene rings is 1. The van der Waals surface area contributed by atoms with Gasteiger partial charge in [0.05, 0.1) is 5.56 Å². The highest BCUT2D eigenvalue weighted by atomic mass is 79.9. The Hall–Kier alpha value is -1.66. The fourth-order valence-electron chi connectivity index (χ4n) is 1.62. The predicted molar refractivity (Wildman–Crippen MR) is 80.3 cm³/mol.